The summed E-state index contributed by atoms with van der Waals surface area (Å²) in [5.74, 6) is -0.468. The maximum Gasteiger partial charge on any atom is 0.306 e. The standard InChI is InChI=1S/C16H24N2O7S/c1-16(2,3)25-15(20)9-6-10-17(11-12-19)26(23,24)14-8-5-4-7-13(14)18(21)22/h4-5,7-8,19H,6,9-12H2,1-3H3. The van der Waals surface area contributed by atoms with Crippen LogP contribution < -0.4 is 0 Å². The molecule has 9 nitrogen and oxygen atoms in total. The zero-order valence-corrected chi connectivity index (χ0v) is 15.9. The van der Waals surface area contributed by atoms with Crippen molar-refractivity contribution in [1.82, 2.24) is 4.31 Å². The van der Waals surface area contributed by atoms with Gasteiger partial charge in [0.05, 0.1) is 11.5 Å². The molecule has 0 aliphatic rings. The molecule has 26 heavy (non-hydrogen) atoms. The highest BCUT2D eigenvalue weighted by molar-refractivity contribution is 7.89. The third kappa shape index (κ3) is 6.36. The normalized spacial score (nSPS) is 12.2. The van der Waals surface area contributed by atoms with E-state index in [0.717, 1.165) is 16.4 Å². The number of ether oxygens (including phenoxy) is 1. The number of nitro benzene ring substituents is 1. The van der Waals surface area contributed by atoms with Gasteiger partial charge in [0.15, 0.2) is 4.90 Å². The van der Waals surface area contributed by atoms with Gasteiger partial charge in [0.1, 0.15) is 5.60 Å². The van der Waals surface area contributed by atoms with Gasteiger partial charge in [-0.15, -0.1) is 0 Å². The third-order valence-electron chi connectivity index (χ3n) is 3.24. The minimum atomic E-state index is -4.19. The Bertz CT molecular complexity index is 741. The molecule has 0 atom stereocenters. The Labute approximate surface area is 152 Å². The molecule has 146 valence electrons. The van der Waals surface area contributed by atoms with E-state index in [9.17, 15) is 23.3 Å². The molecule has 0 spiro atoms. The summed E-state index contributed by atoms with van der Waals surface area (Å²) in [7, 11) is -4.19. The average molecular weight is 388 g/mol. The molecule has 0 heterocycles. The smallest absolute Gasteiger partial charge is 0.306 e. The first-order valence-electron chi connectivity index (χ1n) is 8.05. The molecular formula is C16H24N2O7S. The van der Waals surface area contributed by atoms with Gasteiger partial charge in [0.25, 0.3) is 5.69 Å². The molecule has 1 aromatic carbocycles. The molecule has 0 unspecified atom stereocenters. The Balaban J connectivity index is 2.92. The van der Waals surface area contributed by atoms with Crippen LogP contribution in [0, 0.1) is 10.1 Å². The summed E-state index contributed by atoms with van der Waals surface area (Å²) in [6.45, 7) is 4.41. The van der Waals surface area contributed by atoms with Gasteiger partial charge in [0, 0.05) is 25.6 Å². The second-order valence-corrected chi connectivity index (χ2v) is 8.45. The van der Waals surface area contributed by atoms with Crippen molar-refractivity contribution in [3.63, 3.8) is 0 Å². The highest BCUT2D eigenvalue weighted by Crippen LogP contribution is 2.26. The molecule has 10 heteroatoms. The minimum Gasteiger partial charge on any atom is -0.460 e. The number of rotatable bonds is 9. The van der Waals surface area contributed by atoms with Crippen LogP contribution >= 0.6 is 0 Å². The highest BCUT2D eigenvalue weighted by Gasteiger charge is 2.31. The summed E-state index contributed by atoms with van der Waals surface area (Å²) >= 11 is 0. The Morgan fingerprint density at radius 2 is 1.88 bits per heavy atom. The Hall–Kier alpha value is -2.04. The number of nitro groups is 1. The molecular weight excluding hydrogens is 364 g/mol. The lowest BCUT2D eigenvalue weighted by Gasteiger charge is -2.22. The molecule has 0 amide bonds. The molecule has 0 aromatic heterocycles. The van der Waals surface area contributed by atoms with E-state index in [1.165, 1.54) is 12.1 Å². The number of esters is 1. The number of aliphatic hydroxyl groups excluding tert-OH is 1. The molecule has 1 N–H and O–H groups in total. The van der Waals surface area contributed by atoms with Crippen molar-refractivity contribution < 1.29 is 28.0 Å². The summed E-state index contributed by atoms with van der Waals surface area (Å²) in [5.41, 5.74) is -1.18. The predicted octanol–water partition coefficient (Wildman–Crippen LogP) is 1.70. The Morgan fingerprint density at radius 1 is 1.27 bits per heavy atom. The fraction of sp³-hybridized carbons (Fsp3) is 0.562. The first-order valence-corrected chi connectivity index (χ1v) is 9.49. The van der Waals surface area contributed by atoms with Gasteiger partial charge in [0.2, 0.25) is 10.0 Å². The van der Waals surface area contributed by atoms with Crippen LogP contribution in [0.15, 0.2) is 29.2 Å². The van der Waals surface area contributed by atoms with E-state index in [4.69, 9.17) is 9.84 Å². The summed E-state index contributed by atoms with van der Waals surface area (Å²) in [4.78, 5) is 21.6. The van der Waals surface area contributed by atoms with Crippen molar-refractivity contribution in [2.75, 3.05) is 19.7 Å². The zero-order chi connectivity index (χ0) is 20.0. The molecule has 0 bridgehead atoms. The zero-order valence-electron chi connectivity index (χ0n) is 15.0. The minimum absolute atomic E-state index is 0.00833. The van der Waals surface area contributed by atoms with Crippen LogP contribution in [0.25, 0.3) is 0 Å². The van der Waals surface area contributed by atoms with E-state index in [2.05, 4.69) is 0 Å². The summed E-state index contributed by atoms with van der Waals surface area (Å²) in [6.07, 6.45) is 0.153. The summed E-state index contributed by atoms with van der Waals surface area (Å²) in [5, 5.41) is 20.3. The van der Waals surface area contributed by atoms with Gasteiger partial charge in [-0.3, -0.25) is 14.9 Å². The summed E-state index contributed by atoms with van der Waals surface area (Å²) in [6, 6.07) is 5.00. The maximum absolute atomic E-state index is 12.7. The van der Waals surface area contributed by atoms with Crippen molar-refractivity contribution in [1.29, 1.82) is 0 Å². The number of para-hydroxylation sites is 1. The topological polar surface area (TPSA) is 127 Å². The maximum atomic E-state index is 12.7. The molecule has 0 aliphatic heterocycles. The lowest BCUT2D eigenvalue weighted by Crippen LogP contribution is -2.35. The van der Waals surface area contributed by atoms with Gasteiger partial charge >= 0.3 is 5.97 Å². The van der Waals surface area contributed by atoms with Crippen LogP contribution in [0.2, 0.25) is 0 Å². The van der Waals surface area contributed by atoms with Crippen molar-refractivity contribution in [2.45, 2.75) is 44.1 Å². The molecule has 0 radical (unpaired) electrons. The van der Waals surface area contributed by atoms with Gasteiger partial charge < -0.3 is 9.84 Å². The number of nitrogens with zero attached hydrogens (tertiary/aromatic N) is 2. The van der Waals surface area contributed by atoms with E-state index < -0.39 is 43.7 Å². The number of benzene rings is 1. The van der Waals surface area contributed by atoms with Crippen LogP contribution in [-0.4, -0.2) is 54.0 Å². The fourth-order valence-corrected chi connectivity index (χ4v) is 3.85. The molecule has 0 fully saturated rings. The Kier molecular flexibility index (Phi) is 7.67. The van der Waals surface area contributed by atoms with E-state index >= 15 is 0 Å². The second kappa shape index (κ2) is 9.06. The van der Waals surface area contributed by atoms with Crippen molar-refractivity contribution in [3.05, 3.63) is 34.4 Å². The number of carbonyl (C=O) groups excluding carboxylic acids is 1. The quantitative estimate of drug-likeness (QED) is 0.387. The van der Waals surface area contributed by atoms with E-state index in [0.29, 0.717) is 0 Å². The molecule has 0 saturated heterocycles. The molecule has 1 aromatic rings. The summed E-state index contributed by atoms with van der Waals surface area (Å²) < 4.78 is 31.6. The van der Waals surface area contributed by atoms with E-state index in [1.54, 1.807) is 20.8 Å². The van der Waals surface area contributed by atoms with Crippen molar-refractivity contribution >= 4 is 21.7 Å². The number of hydrogen-bond acceptors (Lipinski definition) is 7. The number of aliphatic hydroxyl groups is 1. The van der Waals surface area contributed by atoms with Crippen LogP contribution in [-0.2, 0) is 19.6 Å². The van der Waals surface area contributed by atoms with Gasteiger partial charge in [-0.05, 0) is 33.3 Å². The SMILES string of the molecule is CC(C)(C)OC(=O)CCCN(CCO)S(=O)(=O)c1ccccc1[N+](=O)[O-]. The molecule has 0 saturated carbocycles. The average Bonchev–Trinajstić information content (AvgIpc) is 2.52. The Morgan fingerprint density at radius 3 is 2.42 bits per heavy atom. The van der Waals surface area contributed by atoms with Crippen LogP contribution in [0.4, 0.5) is 5.69 Å². The van der Waals surface area contributed by atoms with E-state index in [1.807, 2.05) is 0 Å². The highest BCUT2D eigenvalue weighted by atomic mass is 32.2. The largest absolute Gasteiger partial charge is 0.460 e. The van der Waals surface area contributed by atoms with Gasteiger partial charge in [-0.25, -0.2) is 8.42 Å². The van der Waals surface area contributed by atoms with Crippen molar-refractivity contribution in [3.8, 4) is 0 Å². The first-order chi connectivity index (χ1) is 12.0. The van der Waals surface area contributed by atoms with Gasteiger partial charge in [-0.1, -0.05) is 12.1 Å². The van der Waals surface area contributed by atoms with E-state index in [-0.39, 0.29) is 25.9 Å². The third-order valence-corrected chi connectivity index (χ3v) is 5.18. The van der Waals surface area contributed by atoms with Crippen LogP contribution in [0.3, 0.4) is 0 Å². The monoisotopic (exact) mass is 388 g/mol. The van der Waals surface area contributed by atoms with Crippen LogP contribution in [0.5, 0.6) is 0 Å². The molecule has 1 rings (SSSR count). The lowest BCUT2D eigenvalue weighted by atomic mass is 10.2. The lowest BCUT2D eigenvalue weighted by molar-refractivity contribution is -0.387. The number of carbonyl (C=O) groups is 1. The predicted molar refractivity (Wildman–Crippen MR) is 94.0 cm³/mol. The molecule has 0 aliphatic carbocycles. The second-order valence-electron chi connectivity index (χ2n) is 6.54. The van der Waals surface area contributed by atoms with Gasteiger partial charge in [-0.2, -0.15) is 4.31 Å². The van der Waals surface area contributed by atoms with Crippen molar-refractivity contribution in [2.24, 2.45) is 0 Å². The van der Waals surface area contributed by atoms with Crippen LogP contribution in [0.1, 0.15) is 33.6 Å². The number of sulfonamides is 1. The first kappa shape index (κ1) is 22.0. The fourth-order valence-electron chi connectivity index (χ4n) is 2.22. The number of hydrogen-bond donors (Lipinski definition) is 1.